The van der Waals surface area contributed by atoms with Crippen LogP contribution >= 0.6 is 0 Å². The number of aryl methyl sites for hydroxylation is 1. The standard InChI is InChI=1S/C15H14N2O4/c1-16-9-11(14(20)17(2)15(16)21)5-8-13(19)10-3-6-12(18)7-4-10/h3-9,18H,1-2H3/b8-5+. The molecule has 0 unspecified atom stereocenters. The summed E-state index contributed by atoms with van der Waals surface area (Å²) in [6, 6.07) is 5.79. The van der Waals surface area contributed by atoms with E-state index in [4.69, 9.17) is 5.11 Å². The van der Waals surface area contributed by atoms with Crippen molar-refractivity contribution in [2.45, 2.75) is 0 Å². The lowest BCUT2D eigenvalue weighted by Gasteiger charge is -2.03. The Morgan fingerprint density at radius 2 is 1.76 bits per heavy atom. The molecule has 0 fully saturated rings. The number of rotatable bonds is 3. The van der Waals surface area contributed by atoms with Gasteiger partial charge in [0.15, 0.2) is 5.78 Å². The van der Waals surface area contributed by atoms with E-state index in [9.17, 15) is 14.4 Å². The van der Waals surface area contributed by atoms with Gasteiger partial charge in [-0.3, -0.25) is 14.2 Å². The fourth-order valence-corrected chi connectivity index (χ4v) is 1.84. The minimum absolute atomic E-state index is 0.0717. The molecule has 2 aromatic rings. The number of aromatic nitrogens is 2. The summed E-state index contributed by atoms with van der Waals surface area (Å²) < 4.78 is 2.25. The highest BCUT2D eigenvalue weighted by Gasteiger charge is 2.05. The van der Waals surface area contributed by atoms with Crippen LogP contribution in [0.3, 0.4) is 0 Å². The molecule has 21 heavy (non-hydrogen) atoms. The molecule has 0 spiro atoms. The van der Waals surface area contributed by atoms with Crippen molar-refractivity contribution in [1.82, 2.24) is 9.13 Å². The van der Waals surface area contributed by atoms with Gasteiger partial charge in [-0.2, -0.15) is 0 Å². The van der Waals surface area contributed by atoms with Gasteiger partial charge < -0.3 is 9.67 Å². The topological polar surface area (TPSA) is 81.3 Å². The van der Waals surface area contributed by atoms with Crippen LogP contribution in [0.25, 0.3) is 6.08 Å². The summed E-state index contributed by atoms with van der Waals surface area (Å²) in [5.41, 5.74) is -0.257. The number of carbonyl (C=O) groups is 1. The number of benzene rings is 1. The van der Waals surface area contributed by atoms with E-state index in [0.717, 1.165) is 4.57 Å². The number of carbonyl (C=O) groups excluding carboxylic acids is 1. The zero-order chi connectivity index (χ0) is 15.6. The largest absolute Gasteiger partial charge is 0.508 e. The molecule has 2 rings (SSSR count). The molecule has 1 heterocycles. The Morgan fingerprint density at radius 1 is 1.14 bits per heavy atom. The molecule has 0 amide bonds. The van der Waals surface area contributed by atoms with Crippen molar-refractivity contribution in [2.24, 2.45) is 14.1 Å². The summed E-state index contributed by atoms with van der Waals surface area (Å²) in [4.78, 5) is 35.4. The van der Waals surface area contributed by atoms with E-state index in [1.807, 2.05) is 0 Å². The number of phenolic OH excluding ortho intramolecular Hbond substituents is 1. The normalized spacial score (nSPS) is 11.0. The molecule has 1 aromatic heterocycles. The molecule has 0 aliphatic carbocycles. The van der Waals surface area contributed by atoms with E-state index < -0.39 is 11.2 Å². The second kappa shape index (κ2) is 5.62. The monoisotopic (exact) mass is 286 g/mol. The van der Waals surface area contributed by atoms with Gasteiger partial charge in [-0.1, -0.05) is 0 Å². The van der Waals surface area contributed by atoms with Crippen molar-refractivity contribution in [2.75, 3.05) is 0 Å². The average molecular weight is 286 g/mol. The summed E-state index contributed by atoms with van der Waals surface area (Å²) in [5.74, 6) is -0.228. The van der Waals surface area contributed by atoms with Crippen molar-refractivity contribution in [3.63, 3.8) is 0 Å². The Bertz CT molecular complexity index is 826. The molecule has 0 saturated carbocycles. The fraction of sp³-hybridized carbons (Fsp3) is 0.133. The SMILES string of the molecule is Cn1cc(/C=C/C(=O)c2ccc(O)cc2)c(=O)n(C)c1=O. The summed E-state index contributed by atoms with van der Waals surface area (Å²) in [6.07, 6.45) is 4.01. The zero-order valence-electron chi connectivity index (χ0n) is 11.6. The average Bonchev–Trinajstić information content (AvgIpc) is 2.48. The third kappa shape index (κ3) is 3.00. The lowest BCUT2D eigenvalue weighted by Crippen LogP contribution is -2.37. The molecule has 0 atom stereocenters. The number of hydrogen-bond acceptors (Lipinski definition) is 4. The zero-order valence-corrected chi connectivity index (χ0v) is 11.6. The highest BCUT2D eigenvalue weighted by atomic mass is 16.3. The van der Waals surface area contributed by atoms with Crippen LogP contribution in [0.5, 0.6) is 5.75 Å². The molecule has 0 radical (unpaired) electrons. The predicted molar refractivity (Wildman–Crippen MR) is 78.4 cm³/mol. The highest BCUT2D eigenvalue weighted by molar-refractivity contribution is 6.06. The lowest BCUT2D eigenvalue weighted by atomic mass is 10.1. The summed E-state index contributed by atoms with van der Waals surface area (Å²) in [6.45, 7) is 0. The van der Waals surface area contributed by atoms with Crippen LogP contribution in [-0.2, 0) is 14.1 Å². The van der Waals surface area contributed by atoms with Crippen molar-refractivity contribution >= 4 is 11.9 Å². The van der Waals surface area contributed by atoms with E-state index in [1.165, 1.54) is 61.3 Å². The molecular formula is C15H14N2O4. The van der Waals surface area contributed by atoms with Gasteiger partial charge >= 0.3 is 5.69 Å². The van der Waals surface area contributed by atoms with E-state index in [0.29, 0.717) is 5.56 Å². The Balaban J connectivity index is 2.34. The molecule has 6 nitrogen and oxygen atoms in total. The first-order chi connectivity index (χ1) is 9.90. The quantitative estimate of drug-likeness (QED) is 0.664. The van der Waals surface area contributed by atoms with Crippen molar-refractivity contribution in [1.29, 1.82) is 0 Å². The van der Waals surface area contributed by atoms with Crippen LogP contribution in [0.4, 0.5) is 0 Å². The lowest BCUT2D eigenvalue weighted by molar-refractivity contribution is 0.104. The molecule has 6 heteroatoms. The van der Waals surface area contributed by atoms with Gasteiger partial charge in [0, 0.05) is 25.9 Å². The predicted octanol–water partition coefficient (Wildman–Crippen LogP) is 0.686. The van der Waals surface area contributed by atoms with Crippen LogP contribution in [-0.4, -0.2) is 20.0 Å². The Morgan fingerprint density at radius 3 is 2.38 bits per heavy atom. The third-order valence-corrected chi connectivity index (χ3v) is 3.04. The van der Waals surface area contributed by atoms with Gasteiger partial charge in [0.05, 0.1) is 5.56 Å². The maximum absolute atomic E-state index is 11.9. The van der Waals surface area contributed by atoms with Gasteiger partial charge in [0.1, 0.15) is 5.75 Å². The van der Waals surface area contributed by atoms with Crippen LogP contribution in [0, 0.1) is 0 Å². The smallest absolute Gasteiger partial charge is 0.330 e. The van der Waals surface area contributed by atoms with E-state index in [-0.39, 0.29) is 17.1 Å². The Hall–Kier alpha value is -2.89. The van der Waals surface area contributed by atoms with Crippen molar-refractivity contribution < 1.29 is 9.90 Å². The maximum atomic E-state index is 11.9. The first kappa shape index (κ1) is 14.5. The van der Waals surface area contributed by atoms with E-state index in [2.05, 4.69) is 0 Å². The highest BCUT2D eigenvalue weighted by Crippen LogP contribution is 2.10. The van der Waals surface area contributed by atoms with Crippen molar-refractivity contribution in [3.8, 4) is 5.75 Å². The first-order valence-corrected chi connectivity index (χ1v) is 6.18. The molecule has 1 aromatic carbocycles. The number of allylic oxidation sites excluding steroid dienone is 1. The number of phenols is 1. The Labute approximate surface area is 120 Å². The number of nitrogens with zero attached hydrogens (tertiary/aromatic N) is 2. The van der Waals surface area contributed by atoms with Gasteiger partial charge in [0.2, 0.25) is 0 Å². The maximum Gasteiger partial charge on any atom is 0.330 e. The molecule has 0 aliphatic rings. The summed E-state index contributed by atoms with van der Waals surface area (Å²) in [7, 11) is 2.91. The van der Waals surface area contributed by atoms with Gasteiger partial charge in [0.25, 0.3) is 5.56 Å². The fourth-order valence-electron chi connectivity index (χ4n) is 1.84. The Kier molecular flexibility index (Phi) is 3.89. The molecule has 0 aliphatic heterocycles. The number of hydrogen-bond donors (Lipinski definition) is 1. The molecular weight excluding hydrogens is 272 g/mol. The van der Waals surface area contributed by atoms with E-state index >= 15 is 0 Å². The molecule has 1 N–H and O–H groups in total. The van der Waals surface area contributed by atoms with Crippen molar-refractivity contribution in [3.05, 3.63) is 68.5 Å². The number of aromatic hydroxyl groups is 1. The van der Waals surface area contributed by atoms with Crippen LogP contribution in [0.15, 0.2) is 46.1 Å². The molecule has 0 bridgehead atoms. The summed E-state index contributed by atoms with van der Waals surface area (Å²) in [5, 5.41) is 9.16. The minimum atomic E-state index is -0.465. The van der Waals surface area contributed by atoms with Gasteiger partial charge in [-0.15, -0.1) is 0 Å². The van der Waals surface area contributed by atoms with Crippen LogP contribution in [0.2, 0.25) is 0 Å². The number of ketones is 1. The molecule has 108 valence electrons. The van der Waals surface area contributed by atoms with Gasteiger partial charge in [-0.25, -0.2) is 4.79 Å². The molecule has 0 saturated heterocycles. The van der Waals surface area contributed by atoms with Crippen LogP contribution < -0.4 is 11.2 Å². The third-order valence-electron chi connectivity index (χ3n) is 3.04. The minimum Gasteiger partial charge on any atom is -0.508 e. The van der Waals surface area contributed by atoms with Crippen LogP contribution in [0.1, 0.15) is 15.9 Å². The second-order valence-corrected chi connectivity index (χ2v) is 4.59. The first-order valence-electron chi connectivity index (χ1n) is 6.18. The summed E-state index contributed by atoms with van der Waals surface area (Å²) >= 11 is 0. The van der Waals surface area contributed by atoms with Gasteiger partial charge in [-0.05, 0) is 36.4 Å². The second-order valence-electron chi connectivity index (χ2n) is 4.59. The van der Waals surface area contributed by atoms with E-state index in [1.54, 1.807) is 0 Å².